The van der Waals surface area contributed by atoms with Gasteiger partial charge in [-0.3, -0.25) is 0 Å². The van der Waals surface area contributed by atoms with Crippen molar-refractivity contribution in [3.8, 4) is 0 Å². The van der Waals surface area contributed by atoms with Crippen LogP contribution < -0.4 is 0 Å². The molecular formula is C12H20. The van der Waals surface area contributed by atoms with Crippen molar-refractivity contribution < 1.29 is 0 Å². The third kappa shape index (κ3) is 1.80. The maximum Gasteiger partial charge on any atom is -0.0140 e. The van der Waals surface area contributed by atoms with Crippen molar-refractivity contribution in [1.29, 1.82) is 0 Å². The fourth-order valence-electron chi connectivity index (χ4n) is 2.26. The van der Waals surface area contributed by atoms with Gasteiger partial charge in [0.05, 0.1) is 0 Å². The van der Waals surface area contributed by atoms with Gasteiger partial charge in [0, 0.05) is 0 Å². The maximum atomic E-state index is 4.06. The van der Waals surface area contributed by atoms with Gasteiger partial charge in [0.25, 0.3) is 0 Å². The highest BCUT2D eigenvalue weighted by atomic mass is 14.3. The van der Waals surface area contributed by atoms with E-state index in [0.717, 1.165) is 11.8 Å². The average Bonchev–Trinajstić information content (AvgIpc) is 2.08. The quantitative estimate of drug-likeness (QED) is 0.544. The molecular weight excluding hydrogens is 144 g/mol. The highest BCUT2D eigenvalue weighted by molar-refractivity contribution is 5.16. The van der Waals surface area contributed by atoms with Gasteiger partial charge in [-0.05, 0) is 24.2 Å². The molecule has 1 rings (SSSR count). The first-order valence-electron chi connectivity index (χ1n) is 4.98. The normalized spacial score (nSPS) is 36.0. The highest BCUT2D eigenvalue weighted by Crippen LogP contribution is 2.37. The molecule has 1 aliphatic carbocycles. The van der Waals surface area contributed by atoms with Gasteiger partial charge >= 0.3 is 0 Å². The molecule has 0 bridgehead atoms. The van der Waals surface area contributed by atoms with E-state index in [2.05, 4.69) is 27.0 Å². The van der Waals surface area contributed by atoms with Crippen LogP contribution in [0.2, 0.25) is 0 Å². The molecule has 0 aromatic heterocycles. The Balaban J connectivity index is 2.63. The Morgan fingerprint density at radius 1 is 1.33 bits per heavy atom. The van der Waals surface area contributed by atoms with Gasteiger partial charge in [0.2, 0.25) is 0 Å². The molecule has 1 aliphatic rings. The van der Waals surface area contributed by atoms with Crippen LogP contribution in [-0.4, -0.2) is 0 Å². The molecule has 3 unspecified atom stereocenters. The summed E-state index contributed by atoms with van der Waals surface area (Å²) in [4.78, 5) is 0. The molecule has 3 atom stereocenters. The van der Waals surface area contributed by atoms with Crippen LogP contribution in [0, 0.1) is 17.8 Å². The Morgan fingerprint density at radius 2 is 2.00 bits per heavy atom. The summed E-state index contributed by atoms with van der Waals surface area (Å²) in [5.41, 5.74) is 1.24. The molecule has 0 amide bonds. The highest BCUT2D eigenvalue weighted by Gasteiger charge is 2.27. The third-order valence-electron chi connectivity index (χ3n) is 3.45. The van der Waals surface area contributed by atoms with Crippen LogP contribution in [0.15, 0.2) is 24.8 Å². The summed E-state index contributed by atoms with van der Waals surface area (Å²) in [6, 6.07) is 0. The van der Waals surface area contributed by atoms with Crippen molar-refractivity contribution in [3.05, 3.63) is 24.8 Å². The summed E-state index contributed by atoms with van der Waals surface area (Å²) >= 11 is 0. The van der Waals surface area contributed by atoms with E-state index in [0.29, 0.717) is 5.92 Å². The lowest BCUT2D eigenvalue weighted by atomic mass is 9.71. The van der Waals surface area contributed by atoms with Crippen LogP contribution in [0.3, 0.4) is 0 Å². The summed E-state index contributed by atoms with van der Waals surface area (Å²) < 4.78 is 0. The Morgan fingerprint density at radius 3 is 2.58 bits per heavy atom. The van der Waals surface area contributed by atoms with Crippen molar-refractivity contribution in [2.45, 2.75) is 33.1 Å². The molecule has 0 heteroatoms. The monoisotopic (exact) mass is 164 g/mol. The van der Waals surface area contributed by atoms with Crippen molar-refractivity contribution in [3.63, 3.8) is 0 Å². The molecule has 0 nitrogen and oxygen atoms in total. The molecule has 1 saturated carbocycles. The Bertz CT molecular complexity index is 178. The summed E-state index contributed by atoms with van der Waals surface area (Å²) in [5, 5.41) is 0. The maximum absolute atomic E-state index is 4.06. The van der Waals surface area contributed by atoms with Gasteiger partial charge in [-0.15, -0.1) is 0 Å². The summed E-state index contributed by atoms with van der Waals surface area (Å²) in [5.74, 6) is 2.36. The molecule has 0 heterocycles. The van der Waals surface area contributed by atoms with E-state index in [4.69, 9.17) is 0 Å². The Labute approximate surface area is 76.4 Å². The minimum absolute atomic E-state index is 0.700. The standard InChI is InChI=1S/C12H20/c1-5-9(2)12-8-6-7-10(3)11(12)4/h5,10-12H,1-2,6-8H2,3-4H3. The fraction of sp³-hybridized carbons (Fsp3) is 0.667. The average molecular weight is 164 g/mol. The van der Waals surface area contributed by atoms with Crippen LogP contribution in [0.25, 0.3) is 0 Å². The van der Waals surface area contributed by atoms with E-state index in [-0.39, 0.29) is 0 Å². The van der Waals surface area contributed by atoms with E-state index in [9.17, 15) is 0 Å². The van der Waals surface area contributed by atoms with Crippen molar-refractivity contribution in [1.82, 2.24) is 0 Å². The predicted molar refractivity (Wildman–Crippen MR) is 55.0 cm³/mol. The first-order chi connectivity index (χ1) is 5.66. The number of allylic oxidation sites excluding steroid dienone is 2. The molecule has 0 aromatic rings. The zero-order chi connectivity index (χ0) is 9.14. The van der Waals surface area contributed by atoms with Crippen LogP contribution >= 0.6 is 0 Å². The largest absolute Gasteiger partial charge is 0.0988 e. The molecule has 0 N–H and O–H groups in total. The second-order valence-corrected chi connectivity index (χ2v) is 4.15. The molecule has 0 saturated heterocycles. The van der Waals surface area contributed by atoms with Crippen LogP contribution in [0.4, 0.5) is 0 Å². The molecule has 0 radical (unpaired) electrons. The Kier molecular flexibility index (Phi) is 3.13. The lowest BCUT2D eigenvalue weighted by molar-refractivity contribution is 0.213. The summed E-state index contributed by atoms with van der Waals surface area (Å²) in [6.45, 7) is 12.6. The molecule has 0 aromatic carbocycles. The number of rotatable bonds is 2. The fourth-order valence-corrected chi connectivity index (χ4v) is 2.26. The summed E-state index contributed by atoms with van der Waals surface area (Å²) in [6.07, 6.45) is 6.00. The zero-order valence-electron chi connectivity index (χ0n) is 8.34. The van der Waals surface area contributed by atoms with Crippen LogP contribution in [0.1, 0.15) is 33.1 Å². The minimum Gasteiger partial charge on any atom is -0.0988 e. The second-order valence-electron chi connectivity index (χ2n) is 4.15. The first-order valence-corrected chi connectivity index (χ1v) is 4.98. The summed E-state index contributed by atoms with van der Waals surface area (Å²) in [7, 11) is 0. The number of hydrogen-bond acceptors (Lipinski definition) is 0. The lowest BCUT2D eigenvalue weighted by Gasteiger charge is -2.34. The van der Waals surface area contributed by atoms with Gasteiger partial charge in [0.1, 0.15) is 0 Å². The van der Waals surface area contributed by atoms with Crippen molar-refractivity contribution in [2.24, 2.45) is 17.8 Å². The van der Waals surface area contributed by atoms with Crippen LogP contribution in [0.5, 0.6) is 0 Å². The molecule has 0 aliphatic heterocycles. The zero-order valence-corrected chi connectivity index (χ0v) is 8.34. The topological polar surface area (TPSA) is 0 Å². The second kappa shape index (κ2) is 3.93. The smallest absolute Gasteiger partial charge is 0.0140 e. The van der Waals surface area contributed by atoms with E-state index in [1.54, 1.807) is 0 Å². The van der Waals surface area contributed by atoms with E-state index in [1.807, 2.05) is 6.08 Å². The lowest BCUT2D eigenvalue weighted by Crippen LogP contribution is -2.24. The Hall–Kier alpha value is -0.520. The molecule has 0 spiro atoms. The van der Waals surface area contributed by atoms with E-state index in [1.165, 1.54) is 24.8 Å². The van der Waals surface area contributed by atoms with Crippen molar-refractivity contribution >= 4 is 0 Å². The van der Waals surface area contributed by atoms with E-state index >= 15 is 0 Å². The molecule has 68 valence electrons. The molecule has 1 fully saturated rings. The minimum atomic E-state index is 0.700. The molecule has 12 heavy (non-hydrogen) atoms. The van der Waals surface area contributed by atoms with Crippen molar-refractivity contribution in [2.75, 3.05) is 0 Å². The SMILES string of the molecule is C=CC(=C)C1CCCC(C)C1C. The van der Waals surface area contributed by atoms with Crippen LogP contribution in [-0.2, 0) is 0 Å². The van der Waals surface area contributed by atoms with Gasteiger partial charge in [-0.2, -0.15) is 0 Å². The van der Waals surface area contributed by atoms with Gasteiger partial charge in [-0.25, -0.2) is 0 Å². The predicted octanol–water partition coefficient (Wildman–Crippen LogP) is 3.80. The third-order valence-corrected chi connectivity index (χ3v) is 3.45. The first kappa shape index (κ1) is 9.57. The van der Waals surface area contributed by atoms with Gasteiger partial charge in [0.15, 0.2) is 0 Å². The van der Waals surface area contributed by atoms with Gasteiger partial charge in [-0.1, -0.05) is 51.5 Å². The van der Waals surface area contributed by atoms with Gasteiger partial charge < -0.3 is 0 Å². The number of hydrogen-bond donors (Lipinski definition) is 0. The van der Waals surface area contributed by atoms with E-state index < -0.39 is 0 Å².